The van der Waals surface area contributed by atoms with Gasteiger partial charge in [0.2, 0.25) is 0 Å². The van der Waals surface area contributed by atoms with Gasteiger partial charge in [0, 0.05) is 11.8 Å². The van der Waals surface area contributed by atoms with Gasteiger partial charge < -0.3 is 16.2 Å². The van der Waals surface area contributed by atoms with Crippen molar-refractivity contribution < 1.29 is 14.3 Å². The van der Waals surface area contributed by atoms with Gasteiger partial charge in [-0.3, -0.25) is 9.78 Å². The van der Waals surface area contributed by atoms with Crippen LogP contribution in [0.3, 0.4) is 0 Å². The van der Waals surface area contributed by atoms with E-state index in [4.69, 9.17) is 18.0 Å². The van der Waals surface area contributed by atoms with Crippen LogP contribution in [0.4, 0.5) is 10.1 Å². The van der Waals surface area contributed by atoms with Crippen LogP contribution in [-0.4, -0.2) is 21.0 Å². The molecule has 0 saturated carbocycles. The molecule has 0 aliphatic carbocycles. The molecule has 0 bridgehead atoms. The Bertz CT molecular complexity index is 691. The number of aromatic hydroxyl groups is 1. The molecule has 1 aromatic carbocycles. The summed E-state index contributed by atoms with van der Waals surface area (Å²) in [6, 6.07) is 5.30. The molecule has 5 nitrogen and oxygen atoms in total. The van der Waals surface area contributed by atoms with Crippen molar-refractivity contribution in [2.75, 3.05) is 5.32 Å². The van der Waals surface area contributed by atoms with Crippen molar-refractivity contribution in [3.63, 3.8) is 0 Å². The highest BCUT2D eigenvalue weighted by atomic mass is 32.1. The van der Waals surface area contributed by atoms with Gasteiger partial charge in [-0.25, -0.2) is 4.39 Å². The second-order valence-electron chi connectivity index (χ2n) is 3.91. The molecule has 0 aliphatic heterocycles. The Balaban J connectivity index is 2.25. The second kappa shape index (κ2) is 5.62. The van der Waals surface area contributed by atoms with Crippen molar-refractivity contribution >= 4 is 28.8 Å². The number of aromatic nitrogens is 1. The molecule has 1 heterocycles. The summed E-state index contributed by atoms with van der Waals surface area (Å²) in [6.07, 6.45) is 2.47. The standard InChI is InChI=1S/C13H10FN3O2S/c14-9-5-7(12(15)20)1-2-10(9)17-13(19)8-3-4-16-6-11(8)18/h1-6,18H,(H2,15,20)(H,17,19). The SMILES string of the molecule is NC(=S)c1ccc(NC(=O)c2ccncc2O)c(F)c1. The first kappa shape index (κ1) is 13.9. The average molecular weight is 291 g/mol. The minimum atomic E-state index is -0.669. The molecule has 1 aromatic heterocycles. The molecule has 0 atom stereocenters. The smallest absolute Gasteiger partial charge is 0.259 e. The number of carbonyl (C=O) groups excluding carboxylic acids is 1. The quantitative estimate of drug-likeness (QED) is 0.751. The maximum absolute atomic E-state index is 13.8. The normalized spacial score (nSPS) is 10.1. The first-order valence-corrected chi connectivity index (χ1v) is 5.93. The molecular weight excluding hydrogens is 281 g/mol. The van der Waals surface area contributed by atoms with E-state index in [1.165, 1.54) is 24.4 Å². The number of amides is 1. The average Bonchev–Trinajstić information content (AvgIpc) is 2.41. The van der Waals surface area contributed by atoms with Gasteiger partial charge in [-0.2, -0.15) is 0 Å². The fourth-order valence-electron chi connectivity index (χ4n) is 1.54. The molecule has 0 saturated heterocycles. The summed E-state index contributed by atoms with van der Waals surface area (Å²) in [4.78, 5) is 15.6. The van der Waals surface area contributed by atoms with Gasteiger partial charge in [0.25, 0.3) is 5.91 Å². The summed E-state index contributed by atoms with van der Waals surface area (Å²) in [5.74, 6) is -1.60. The van der Waals surface area contributed by atoms with Crippen LogP contribution < -0.4 is 11.1 Å². The predicted octanol–water partition coefficient (Wildman–Crippen LogP) is 1.81. The van der Waals surface area contributed by atoms with Crippen molar-refractivity contribution in [1.29, 1.82) is 0 Å². The molecule has 4 N–H and O–H groups in total. The number of hydrogen-bond acceptors (Lipinski definition) is 4. The number of benzene rings is 1. The van der Waals surface area contributed by atoms with Crippen molar-refractivity contribution in [3.05, 3.63) is 53.6 Å². The maximum Gasteiger partial charge on any atom is 0.259 e. The highest BCUT2D eigenvalue weighted by Gasteiger charge is 2.13. The van der Waals surface area contributed by atoms with Crippen LogP contribution >= 0.6 is 12.2 Å². The zero-order valence-corrected chi connectivity index (χ0v) is 10.9. The fraction of sp³-hybridized carbons (Fsp3) is 0. The Morgan fingerprint density at radius 2 is 2.15 bits per heavy atom. The maximum atomic E-state index is 13.8. The number of anilines is 1. The number of hydrogen-bond donors (Lipinski definition) is 3. The third kappa shape index (κ3) is 2.89. The number of nitrogens with two attached hydrogens (primary N) is 1. The molecule has 0 radical (unpaired) electrons. The lowest BCUT2D eigenvalue weighted by molar-refractivity contribution is 0.102. The molecule has 2 rings (SSSR count). The lowest BCUT2D eigenvalue weighted by Crippen LogP contribution is -2.14. The molecular formula is C13H10FN3O2S. The summed E-state index contributed by atoms with van der Waals surface area (Å²) in [7, 11) is 0. The van der Waals surface area contributed by atoms with E-state index in [0.717, 1.165) is 12.3 Å². The van der Waals surface area contributed by atoms with Crippen molar-refractivity contribution in [2.45, 2.75) is 0 Å². The molecule has 20 heavy (non-hydrogen) atoms. The lowest BCUT2D eigenvalue weighted by atomic mass is 10.2. The van der Waals surface area contributed by atoms with Crippen molar-refractivity contribution in [1.82, 2.24) is 4.98 Å². The predicted molar refractivity (Wildman–Crippen MR) is 76.1 cm³/mol. The highest BCUT2D eigenvalue weighted by molar-refractivity contribution is 7.80. The van der Waals surface area contributed by atoms with E-state index < -0.39 is 11.7 Å². The van der Waals surface area contributed by atoms with E-state index >= 15 is 0 Å². The second-order valence-corrected chi connectivity index (χ2v) is 4.35. The molecule has 7 heteroatoms. The van der Waals surface area contributed by atoms with E-state index in [1.807, 2.05) is 0 Å². The Labute approximate surface area is 119 Å². The molecule has 0 aliphatic rings. The summed E-state index contributed by atoms with van der Waals surface area (Å²) in [6.45, 7) is 0. The van der Waals surface area contributed by atoms with Gasteiger partial charge in [0.15, 0.2) is 0 Å². The molecule has 0 unspecified atom stereocenters. The van der Waals surface area contributed by atoms with Crippen LogP contribution in [-0.2, 0) is 0 Å². The summed E-state index contributed by atoms with van der Waals surface area (Å²) >= 11 is 4.73. The summed E-state index contributed by atoms with van der Waals surface area (Å²) in [5.41, 5.74) is 5.71. The summed E-state index contributed by atoms with van der Waals surface area (Å²) < 4.78 is 13.8. The summed E-state index contributed by atoms with van der Waals surface area (Å²) in [5, 5.41) is 11.8. The highest BCUT2D eigenvalue weighted by Crippen LogP contribution is 2.19. The van der Waals surface area contributed by atoms with E-state index in [2.05, 4.69) is 10.3 Å². The minimum absolute atomic E-state index is 0.00202. The van der Waals surface area contributed by atoms with E-state index in [-0.39, 0.29) is 22.0 Å². The first-order chi connectivity index (χ1) is 9.49. The van der Waals surface area contributed by atoms with Crippen LogP contribution in [0.5, 0.6) is 5.75 Å². The Hall–Kier alpha value is -2.54. The number of thiocarbonyl (C=S) groups is 1. The number of nitrogens with one attached hydrogen (secondary N) is 1. The Morgan fingerprint density at radius 1 is 1.40 bits per heavy atom. The third-order valence-electron chi connectivity index (χ3n) is 2.55. The lowest BCUT2D eigenvalue weighted by Gasteiger charge is -2.08. The zero-order chi connectivity index (χ0) is 14.7. The van der Waals surface area contributed by atoms with Crippen LogP contribution in [0.15, 0.2) is 36.7 Å². The van der Waals surface area contributed by atoms with Gasteiger partial charge in [-0.15, -0.1) is 0 Å². The van der Waals surface area contributed by atoms with E-state index in [0.29, 0.717) is 5.56 Å². The van der Waals surface area contributed by atoms with Crippen LogP contribution in [0.2, 0.25) is 0 Å². The monoisotopic (exact) mass is 291 g/mol. The Kier molecular flexibility index (Phi) is 3.90. The van der Waals surface area contributed by atoms with Gasteiger partial charge in [0.1, 0.15) is 16.6 Å². The molecule has 2 aromatic rings. The van der Waals surface area contributed by atoms with E-state index in [9.17, 15) is 14.3 Å². The zero-order valence-electron chi connectivity index (χ0n) is 10.1. The van der Waals surface area contributed by atoms with Crippen LogP contribution in [0, 0.1) is 5.82 Å². The number of rotatable bonds is 3. The van der Waals surface area contributed by atoms with E-state index in [1.54, 1.807) is 0 Å². The number of carbonyl (C=O) groups is 1. The van der Waals surface area contributed by atoms with Gasteiger partial charge in [0.05, 0.1) is 17.4 Å². The van der Waals surface area contributed by atoms with Gasteiger partial charge in [-0.05, 0) is 24.3 Å². The van der Waals surface area contributed by atoms with Gasteiger partial charge in [-0.1, -0.05) is 12.2 Å². The number of nitrogens with zero attached hydrogens (tertiary/aromatic N) is 1. The molecule has 0 spiro atoms. The molecule has 0 fully saturated rings. The minimum Gasteiger partial charge on any atom is -0.505 e. The van der Waals surface area contributed by atoms with Crippen molar-refractivity contribution in [3.8, 4) is 5.75 Å². The van der Waals surface area contributed by atoms with Crippen LogP contribution in [0.1, 0.15) is 15.9 Å². The van der Waals surface area contributed by atoms with Gasteiger partial charge >= 0.3 is 0 Å². The molecule has 102 valence electrons. The largest absolute Gasteiger partial charge is 0.505 e. The number of halogens is 1. The third-order valence-corrected chi connectivity index (χ3v) is 2.78. The topological polar surface area (TPSA) is 88.2 Å². The van der Waals surface area contributed by atoms with Crippen molar-refractivity contribution in [2.24, 2.45) is 5.73 Å². The first-order valence-electron chi connectivity index (χ1n) is 5.52. The molecule has 1 amide bonds. The number of pyridine rings is 1. The fourth-order valence-corrected chi connectivity index (χ4v) is 1.66. The Morgan fingerprint density at radius 3 is 2.75 bits per heavy atom. The van der Waals surface area contributed by atoms with Crippen LogP contribution in [0.25, 0.3) is 0 Å².